The van der Waals surface area contributed by atoms with Gasteiger partial charge in [0, 0.05) is 0 Å². The van der Waals surface area contributed by atoms with Gasteiger partial charge >= 0.3 is 0 Å². The van der Waals surface area contributed by atoms with E-state index in [1.165, 1.54) is 32.1 Å². The summed E-state index contributed by atoms with van der Waals surface area (Å²) in [6.07, 6.45) is 8.55. The second-order valence-corrected chi connectivity index (χ2v) is 3.87. The van der Waals surface area contributed by atoms with E-state index in [-0.39, 0.29) is 6.04 Å². The molecular formula is C9H17NOS. The Morgan fingerprint density at radius 1 is 1.42 bits per heavy atom. The van der Waals surface area contributed by atoms with E-state index in [9.17, 15) is 4.79 Å². The summed E-state index contributed by atoms with van der Waals surface area (Å²) in [5.41, 5.74) is 0. The lowest BCUT2D eigenvalue weighted by atomic mass is 9.85. The van der Waals surface area contributed by atoms with Crippen LogP contribution in [0.15, 0.2) is 0 Å². The van der Waals surface area contributed by atoms with E-state index in [4.69, 9.17) is 0 Å². The molecule has 1 N–H and O–H groups in total. The first-order valence-electron chi connectivity index (χ1n) is 4.71. The first-order valence-corrected chi connectivity index (χ1v) is 5.16. The molecule has 1 aliphatic carbocycles. The summed E-state index contributed by atoms with van der Waals surface area (Å²) in [5, 5.41) is 0. The topological polar surface area (TPSA) is 29.1 Å². The number of aldehydes is 1. The van der Waals surface area contributed by atoms with Crippen LogP contribution in [0.2, 0.25) is 0 Å². The summed E-state index contributed by atoms with van der Waals surface area (Å²) >= 11 is 3.91. The number of carbonyl (C=O) groups excluding carboxylic acids is 1. The molecule has 0 amide bonds. The normalized spacial score (nSPS) is 22.1. The van der Waals surface area contributed by atoms with Crippen molar-refractivity contribution in [3.63, 3.8) is 0 Å². The Labute approximate surface area is 79.7 Å². The van der Waals surface area contributed by atoms with Crippen molar-refractivity contribution < 1.29 is 4.79 Å². The van der Waals surface area contributed by atoms with Crippen molar-refractivity contribution in [3.8, 4) is 0 Å². The summed E-state index contributed by atoms with van der Waals surface area (Å²) in [4.78, 5) is 10.5. The Kier molecular flexibility index (Phi) is 4.69. The fourth-order valence-electron chi connectivity index (χ4n) is 1.92. The molecule has 70 valence electrons. The Morgan fingerprint density at radius 3 is 2.58 bits per heavy atom. The highest BCUT2D eigenvalue weighted by Gasteiger charge is 2.17. The zero-order chi connectivity index (χ0) is 8.81. The molecule has 0 aromatic rings. The molecule has 0 spiro atoms. The van der Waals surface area contributed by atoms with Crippen LogP contribution >= 0.6 is 12.8 Å². The van der Waals surface area contributed by atoms with E-state index in [0.29, 0.717) is 0 Å². The number of carbonyl (C=O) groups is 1. The highest BCUT2D eigenvalue weighted by molar-refractivity contribution is 7.78. The minimum absolute atomic E-state index is 0.0450. The quantitative estimate of drug-likeness (QED) is 0.520. The zero-order valence-electron chi connectivity index (χ0n) is 7.33. The van der Waals surface area contributed by atoms with Crippen molar-refractivity contribution >= 4 is 19.1 Å². The molecule has 0 unspecified atom stereocenters. The first kappa shape index (κ1) is 10.1. The Morgan fingerprint density at radius 2 is 2.08 bits per heavy atom. The molecule has 1 aliphatic rings. The van der Waals surface area contributed by atoms with E-state index in [0.717, 1.165) is 18.6 Å². The van der Waals surface area contributed by atoms with E-state index >= 15 is 0 Å². The average Bonchev–Trinajstić information content (AvgIpc) is 2.16. The van der Waals surface area contributed by atoms with Crippen LogP contribution in [0.5, 0.6) is 0 Å². The summed E-state index contributed by atoms with van der Waals surface area (Å²) in [5.74, 6) is 0.744. The predicted octanol–water partition coefficient (Wildman–Crippen LogP) is 1.96. The average molecular weight is 187 g/mol. The van der Waals surface area contributed by atoms with Crippen LogP contribution in [-0.2, 0) is 4.79 Å². The lowest BCUT2D eigenvalue weighted by Crippen LogP contribution is -2.26. The van der Waals surface area contributed by atoms with Gasteiger partial charge < -0.3 is 4.79 Å². The van der Waals surface area contributed by atoms with Gasteiger partial charge in [0.05, 0.1) is 6.04 Å². The van der Waals surface area contributed by atoms with Crippen molar-refractivity contribution in [1.29, 1.82) is 0 Å². The molecule has 0 saturated heterocycles. The molecule has 0 aromatic carbocycles. The third-order valence-corrected chi connectivity index (χ3v) is 2.97. The highest BCUT2D eigenvalue weighted by Crippen LogP contribution is 2.26. The van der Waals surface area contributed by atoms with Crippen LogP contribution < -0.4 is 4.72 Å². The van der Waals surface area contributed by atoms with Crippen LogP contribution in [0.3, 0.4) is 0 Å². The number of nitrogens with one attached hydrogen (secondary N) is 1. The maximum Gasteiger partial charge on any atom is 0.137 e. The maximum absolute atomic E-state index is 10.5. The first-order chi connectivity index (χ1) is 5.86. The molecule has 0 bridgehead atoms. The van der Waals surface area contributed by atoms with Crippen LogP contribution in [0.1, 0.15) is 38.5 Å². The largest absolute Gasteiger partial charge is 0.302 e. The van der Waals surface area contributed by atoms with Gasteiger partial charge in [0.15, 0.2) is 0 Å². The van der Waals surface area contributed by atoms with Gasteiger partial charge in [-0.25, -0.2) is 0 Å². The van der Waals surface area contributed by atoms with Gasteiger partial charge in [0.1, 0.15) is 6.29 Å². The highest BCUT2D eigenvalue weighted by atomic mass is 32.1. The smallest absolute Gasteiger partial charge is 0.137 e. The molecule has 1 fully saturated rings. The summed E-state index contributed by atoms with van der Waals surface area (Å²) in [6.45, 7) is 0. The van der Waals surface area contributed by atoms with E-state index < -0.39 is 0 Å². The monoisotopic (exact) mass is 187 g/mol. The number of hydrogen-bond donors (Lipinski definition) is 2. The van der Waals surface area contributed by atoms with Gasteiger partial charge in [0.2, 0.25) is 0 Å². The molecule has 2 nitrogen and oxygen atoms in total. The number of rotatable bonds is 4. The number of thiol groups is 1. The number of hydrogen-bond acceptors (Lipinski definition) is 3. The third kappa shape index (κ3) is 3.15. The van der Waals surface area contributed by atoms with E-state index in [1.807, 2.05) is 0 Å². The molecule has 3 heteroatoms. The fourth-order valence-corrected chi connectivity index (χ4v) is 2.09. The van der Waals surface area contributed by atoms with E-state index in [2.05, 4.69) is 17.5 Å². The molecule has 1 rings (SSSR count). The van der Waals surface area contributed by atoms with Crippen molar-refractivity contribution in [2.45, 2.75) is 44.6 Å². The Hall–Kier alpha value is -0.0200. The molecule has 1 saturated carbocycles. The van der Waals surface area contributed by atoms with Gasteiger partial charge in [-0.1, -0.05) is 44.9 Å². The minimum atomic E-state index is -0.0450. The summed E-state index contributed by atoms with van der Waals surface area (Å²) in [7, 11) is 0. The van der Waals surface area contributed by atoms with Crippen LogP contribution in [0.4, 0.5) is 0 Å². The predicted molar refractivity (Wildman–Crippen MR) is 53.2 cm³/mol. The lowest BCUT2D eigenvalue weighted by Gasteiger charge is -2.23. The Bertz CT molecular complexity index is 134. The van der Waals surface area contributed by atoms with Gasteiger partial charge in [0.25, 0.3) is 0 Å². The zero-order valence-corrected chi connectivity index (χ0v) is 8.22. The van der Waals surface area contributed by atoms with Gasteiger partial charge in [-0.3, -0.25) is 4.72 Å². The van der Waals surface area contributed by atoms with Gasteiger partial charge in [-0.05, 0) is 12.3 Å². The molecular weight excluding hydrogens is 170 g/mol. The molecule has 0 aliphatic heterocycles. The summed E-state index contributed by atoms with van der Waals surface area (Å²) in [6, 6.07) is -0.0450. The second kappa shape index (κ2) is 5.60. The molecule has 1 atom stereocenters. The minimum Gasteiger partial charge on any atom is -0.302 e. The van der Waals surface area contributed by atoms with Crippen molar-refractivity contribution in [1.82, 2.24) is 4.72 Å². The van der Waals surface area contributed by atoms with Crippen molar-refractivity contribution in [2.75, 3.05) is 0 Å². The molecule has 12 heavy (non-hydrogen) atoms. The van der Waals surface area contributed by atoms with Crippen LogP contribution in [0, 0.1) is 5.92 Å². The second-order valence-electron chi connectivity index (χ2n) is 3.61. The van der Waals surface area contributed by atoms with Crippen molar-refractivity contribution in [3.05, 3.63) is 0 Å². The van der Waals surface area contributed by atoms with Gasteiger partial charge in [-0.2, -0.15) is 0 Å². The van der Waals surface area contributed by atoms with E-state index in [1.54, 1.807) is 0 Å². The van der Waals surface area contributed by atoms with Crippen LogP contribution in [0.25, 0.3) is 0 Å². The standard InChI is InChI=1S/C9H17NOS/c11-7-9(10-12)6-8-4-2-1-3-5-8/h7-10,12H,1-6H2/t9-/m0/s1. The maximum atomic E-state index is 10.5. The third-order valence-electron chi connectivity index (χ3n) is 2.64. The van der Waals surface area contributed by atoms with Crippen LogP contribution in [-0.4, -0.2) is 12.3 Å². The summed E-state index contributed by atoms with van der Waals surface area (Å²) < 4.78 is 2.73. The molecule has 0 radical (unpaired) electrons. The fraction of sp³-hybridized carbons (Fsp3) is 0.889. The molecule has 0 aromatic heterocycles. The Balaban J connectivity index is 2.22. The van der Waals surface area contributed by atoms with Gasteiger partial charge in [-0.15, -0.1) is 0 Å². The molecule has 0 heterocycles. The lowest BCUT2D eigenvalue weighted by molar-refractivity contribution is -0.109. The van der Waals surface area contributed by atoms with Crippen molar-refractivity contribution in [2.24, 2.45) is 5.92 Å². The SMILES string of the molecule is O=C[C@H](CC1CCCCC1)NS.